The van der Waals surface area contributed by atoms with E-state index in [1.54, 1.807) is 0 Å². The van der Waals surface area contributed by atoms with Gasteiger partial charge in [0.25, 0.3) is 5.91 Å². The van der Waals surface area contributed by atoms with Crippen LogP contribution >= 0.6 is 0 Å². The number of nitrogens with two attached hydrogens (primary N) is 1. The summed E-state index contributed by atoms with van der Waals surface area (Å²) < 4.78 is 39.5. The van der Waals surface area contributed by atoms with Crippen molar-refractivity contribution in [2.45, 2.75) is 12.8 Å². The van der Waals surface area contributed by atoms with Gasteiger partial charge in [-0.15, -0.1) is 0 Å². The van der Waals surface area contributed by atoms with Gasteiger partial charge in [0.05, 0.1) is 0 Å². The molecule has 0 atom stereocenters. The van der Waals surface area contributed by atoms with Gasteiger partial charge in [0, 0.05) is 18.5 Å². The molecule has 0 fully saturated rings. The Bertz CT molecular complexity index is 738. The van der Waals surface area contributed by atoms with Crippen LogP contribution in [0.4, 0.5) is 13.2 Å². The number of hydrogen-bond acceptors (Lipinski definition) is 2. The van der Waals surface area contributed by atoms with Crippen molar-refractivity contribution in [3.63, 3.8) is 0 Å². The number of nitrogens with one attached hydrogen (secondary N) is 1. The summed E-state index contributed by atoms with van der Waals surface area (Å²) in [6.07, 6.45) is 0.619. The highest BCUT2D eigenvalue weighted by Gasteiger charge is 2.12. The van der Waals surface area contributed by atoms with E-state index in [0.717, 1.165) is 12.1 Å². The second kappa shape index (κ2) is 7.63. The first kappa shape index (κ1) is 17.5. The van der Waals surface area contributed by atoms with Crippen molar-refractivity contribution in [2.24, 2.45) is 5.73 Å². The standard InChI is InChI=1S/C17H15F3N2O2/c18-13-8-12(9-14(19)16(13)20)10-3-5-11(6-4-10)17(24)22-7-1-2-15(21)23/h3-6,8-9H,1-2,7H2,(H2,21,23)(H,22,24). The van der Waals surface area contributed by atoms with Crippen LogP contribution in [0.2, 0.25) is 0 Å². The SMILES string of the molecule is NC(=O)CCCNC(=O)c1ccc(-c2cc(F)c(F)c(F)c2)cc1. The lowest BCUT2D eigenvalue weighted by atomic mass is 10.0. The summed E-state index contributed by atoms with van der Waals surface area (Å²) >= 11 is 0. The Morgan fingerprint density at radius 2 is 1.54 bits per heavy atom. The first-order chi connectivity index (χ1) is 11.4. The number of benzene rings is 2. The molecule has 2 amide bonds. The van der Waals surface area contributed by atoms with Crippen LogP contribution in [-0.4, -0.2) is 18.4 Å². The zero-order valence-electron chi connectivity index (χ0n) is 12.6. The Hall–Kier alpha value is -2.83. The molecule has 7 heteroatoms. The van der Waals surface area contributed by atoms with E-state index in [1.165, 1.54) is 24.3 Å². The van der Waals surface area contributed by atoms with Crippen LogP contribution in [0.1, 0.15) is 23.2 Å². The second-order valence-electron chi connectivity index (χ2n) is 5.16. The van der Waals surface area contributed by atoms with Crippen LogP contribution in [0.15, 0.2) is 36.4 Å². The molecule has 0 saturated carbocycles. The molecule has 0 heterocycles. The van der Waals surface area contributed by atoms with E-state index in [0.29, 0.717) is 24.1 Å². The minimum atomic E-state index is -1.52. The van der Waals surface area contributed by atoms with E-state index in [9.17, 15) is 22.8 Å². The van der Waals surface area contributed by atoms with Gasteiger partial charge >= 0.3 is 0 Å². The van der Waals surface area contributed by atoms with E-state index < -0.39 is 23.4 Å². The van der Waals surface area contributed by atoms with Crippen molar-refractivity contribution in [3.05, 3.63) is 59.4 Å². The molecule has 126 valence electrons. The van der Waals surface area contributed by atoms with Gasteiger partial charge in [-0.1, -0.05) is 12.1 Å². The molecular formula is C17H15F3N2O2. The summed E-state index contributed by atoms with van der Waals surface area (Å²) in [5.74, 6) is -4.86. The topological polar surface area (TPSA) is 72.2 Å². The fraction of sp³-hybridized carbons (Fsp3) is 0.176. The van der Waals surface area contributed by atoms with Crippen LogP contribution in [0.25, 0.3) is 11.1 Å². The van der Waals surface area contributed by atoms with Gasteiger partial charge in [-0.2, -0.15) is 0 Å². The van der Waals surface area contributed by atoms with Gasteiger partial charge < -0.3 is 11.1 Å². The van der Waals surface area contributed by atoms with E-state index >= 15 is 0 Å². The maximum atomic E-state index is 13.3. The van der Waals surface area contributed by atoms with E-state index in [-0.39, 0.29) is 17.9 Å². The molecule has 0 aromatic heterocycles. The molecule has 3 N–H and O–H groups in total. The number of primary amides is 1. The third kappa shape index (κ3) is 4.34. The Kier molecular flexibility index (Phi) is 5.57. The number of rotatable bonds is 6. The number of halogens is 3. The highest BCUT2D eigenvalue weighted by molar-refractivity contribution is 5.94. The summed E-state index contributed by atoms with van der Waals surface area (Å²) in [5, 5.41) is 2.62. The largest absolute Gasteiger partial charge is 0.370 e. The third-order valence-electron chi connectivity index (χ3n) is 3.35. The van der Waals surface area contributed by atoms with E-state index in [4.69, 9.17) is 5.73 Å². The molecule has 24 heavy (non-hydrogen) atoms. The third-order valence-corrected chi connectivity index (χ3v) is 3.35. The Labute approximate surface area is 136 Å². The average Bonchev–Trinajstić information content (AvgIpc) is 2.56. The van der Waals surface area contributed by atoms with Crippen LogP contribution in [0, 0.1) is 17.5 Å². The lowest BCUT2D eigenvalue weighted by Gasteiger charge is -2.07. The molecule has 0 saturated heterocycles. The maximum Gasteiger partial charge on any atom is 0.251 e. The first-order valence-electron chi connectivity index (χ1n) is 7.20. The second-order valence-corrected chi connectivity index (χ2v) is 5.16. The molecule has 0 spiro atoms. The predicted molar refractivity (Wildman–Crippen MR) is 82.5 cm³/mol. The molecule has 0 aliphatic carbocycles. The van der Waals surface area contributed by atoms with Crippen LogP contribution in [-0.2, 0) is 4.79 Å². The van der Waals surface area contributed by atoms with E-state index in [2.05, 4.69) is 5.32 Å². The molecule has 2 aromatic carbocycles. The van der Waals surface area contributed by atoms with Gasteiger partial charge in [0.15, 0.2) is 17.5 Å². The molecular weight excluding hydrogens is 321 g/mol. The Morgan fingerprint density at radius 1 is 0.958 bits per heavy atom. The fourth-order valence-electron chi connectivity index (χ4n) is 2.10. The maximum absolute atomic E-state index is 13.3. The predicted octanol–water partition coefficient (Wildman–Crippen LogP) is 2.77. The fourth-order valence-corrected chi connectivity index (χ4v) is 2.10. The molecule has 0 aliphatic heterocycles. The van der Waals surface area contributed by atoms with Gasteiger partial charge in [-0.3, -0.25) is 9.59 Å². The van der Waals surface area contributed by atoms with Crippen LogP contribution < -0.4 is 11.1 Å². The molecule has 2 rings (SSSR count). The van der Waals surface area contributed by atoms with Crippen molar-refractivity contribution >= 4 is 11.8 Å². The summed E-state index contributed by atoms with van der Waals surface area (Å²) in [4.78, 5) is 22.5. The summed E-state index contributed by atoms with van der Waals surface area (Å²) in [6, 6.07) is 7.75. The van der Waals surface area contributed by atoms with Crippen molar-refractivity contribution in [1.29, 1.82) is 0 Å². The van der Waals surface area contributed by atoms with Crippen molar-refractivity contribution in [3.8, 4) is 11.1 Å². The smallest absolute Gasteiger partial charge is 0.251 e. The molecule has 0 radical (unpaired) electrons. The lowest BCUT2D eigenvalue weighted by Crippen LogP contribution is -2.25. The average molecular weight is 336 g/mol. The zero-order chi connectivity index (χ0) is 17.7. The normalized spacial score (nSPS) is 10.5. The lowest BCUT2D eigenvalue weighted by molar-refractivity contribution is -0.118. The first-order valence-corrected chi connectivity index (χ1v) is 7.20. The quantitative estimate of drug-likeness (QED) is 0.629. The molecule has 0 unspecified atom stereocenters. The summed E-state index contributed by atoms with van der Waals surface area (Å²) in [6.45, 7) is 0.303. The van der Waals surface area contributed by atoms with Gasteiger partial charge in [0.1, 0.15) is 0 Å². The van der Waals surface area contributed by atoms with Gasteiger partial charge in [0.2, 0.25) is 5.91 Å². The molecule has 2 aromatic rings. The van der Waals surface area contributed by atoms with Crippen molar-refractivity contribution < 1.29 is 22.8 Å². The number of carbonyl (C=O) groups is 2. The summed E-state index contributed by atoms with van der Waals surface area (Å²) in [7, 11) is 0. The van der Waals surface area contributed by atoms with E-state index in [1.807, 2.05) is 0 Å². The Morgan fingerprint density at radius 3 is 2.08 bits per heavy atom. The number of hydrogen-bond donors (Lipinski definition) is 2. The van der Waals surface area contributed by atoms with Crippen molar-refractivity contribution in [2.75, 3.05) is 6.54 Å². The highest BCUT2D eigenvalue weighted by atomic mass is 19.2. The summed E-state index contributed by atoms with van der Waals surface area (Å²) in [5.41, 5.74) is 5.95. The Balaban J connectivity index is 2.05. The minimum absolute atomic E-state index is 0.166. The molecule has 0 aliphatic rings. The highest BCUT2D eigenvalue weighted by Crippen LogP contribution is 2.24. The molecule has 0 bridgehead atoms. The zero-order valence-corrected chi connectivity index (χ0v) is 12.6. The monoisotopic (exact) mass is 336 g/mol. The minimum Gasteiger partial charge on any atom is -0.370 e. The number of amides is 2. The van der Waals surface area contributed by atoms with Crippen LogP contribution in [0.5, 0.6) is 0 Å². The molecule has 4 nitrogen and oxygen atoms in total. The van der Waals surface area contributed by atoms with Crippen LogP contribution in [0.3, 0.4) is 0 Å². The van der Waals surface area contributed by atoms with Gasteiger partial charge in [-0.05, 0) is 41.8 Å². The van der Waals surface area contributed by atoms with Crippen molar-refractivity contribution in [1.82, 2.24) is 5.32 Å². The van der Waals surface area contributed by atoms with Gasteiger partial charge in [-0.25, -0.2) is 13.2 Å². The number of carbonyl (C=O) groups excluding carboxylic acids is 2.